The molecule has 2 aliphatic heterocycles. The van der Waals surface area contributed by atoms with Gasteiger partial charge in [0.25, 0.3) is 0 Å². The van der Waals surface area contributed by atoms with Gasteiger partial charge >= 0.3 is 0 Å². The Morgan fingerprint density at radius 2 is 2.43 bits per heavy atom. The lowest BCUT2D eigenvalue weighted by molar-refractivity contribution is 0.106. The number of hydrogen-bond acceptors (Lipinski definition) is 4. The molecule has 2 saturated heterocycles. The Hall–Kier alpha value is -0.160. The zero-order chi connectivity index (χ0) is 9.97. The highest BCUT2D eigenvalue weighted by Gasteiger charge is 2.28. The Labute approximate surface area is 85.2 Å². The predicted molar refractivity (Wildman–Crippen MR) is 54.3 cm³/mol. The number of methoxy groups -OCH3 is 1. The molecule has 2 rings (SSSR count). The minimum absolute atomic E-state index is 0.138. The predicted octanol–water partition coefficient (Wildman–Crippen LogP) is -0.570. The van der Waals surface area contributed by atoms with E-state index in [2.05, 4.69) is 10.2 Å². The molecule has 2 fully saturated rings. The van der Waals surface area contributed by atoms with Crippen LogP contribution in [0.1, 0.15) is 12.8 Å². The Kier molecular flexibility index (Phi) is 3.38. The minimum atomic E-state index is -0.138. The molecule has 4 heteroatoms. The number of aliphatic hydroxyl groups excluding tert-OH is 1. The molecule has 0 aliphatic carbocycles. The molecule has 2 N–H and O–H groups in total. The number of β-amino-alcohol motifs (C(OH)–C–C–N with tert-alkyl or cyclic N) is 1. The average molecular weight is 200 g/mol. The fourth-order valence-corrected chi connectivity index (χ4v) is 2.40. The molecule has 14 heavy (non-hydrogen) atoms. The van der Waals surface area contributed by atoms with Gasteiger partial charge in [0.15, 0.2) is 0 Å². The van der Waals surface area contributed by atoms with E-state index in [1.54, 1.807) is 7.11 Å². The van der Waals surface area contributed by atoms with Crippen LogP contribution in [0.15, 0.2) is 0 Å². The van der Waals surface area contributed by atoms with Gasteiger partial charge in [-0.25, -0.2) is 0 Å². The number of rotatable bonds is 3. The summed E-state index contributed by atoms with van der Waals surface area (Å²) in [4.78, 5) is 2.42. The van der Waals surface area contributed by atoms with Gasteiger partial charge in [0, 0.05) is 39.3 Å². The molecular formula is C10H20N2O2. The SMILES string of the molecule is COC1CCN(CC2CC(O)CN2)C1. The van der Waals surface area contributed by atoms with Gasteiger partial charge in [-0.15, -0.1) is 0 Å². The van der Waals surface area contributed by atoms with E-state index in [0.29, 0.717) is 12.1 Å². The van der Waals surface area contributed by atoms with E-state index in [1.807, 2.05) is 0 Å². The summed E-state index contributed by atoms with van der Waals surface area (Å²) in [6.07, 6.45) is 2.32. The van der Waals surface area contributed by atoms with E-state index in [-0.39, 0.29) is 6.10 Å². The molecule has 3 atom stereocenters. The second kappa shape index (κ2) is 4.57. The smallest absolute Gasteiger partial charge is 0.0710 e. The fraction of sp³-hybridized carbons (Fsp3) is 1.00. The Balaban J connectivity index is 1.71. The van der Waals surface area contributed by atoms with Gasteiger partial charge in [0.05, 0.1) is 12.2 Å². The number of aliphatic hydroxyl groups is 1. The van der Waals surface area contributed by atoms with Crippen LogP contribution in [0.4, 0.5) is 0 Å². The third-order valence-corrected chi connectivity index (χ3v) is 3.24. The van der Waals surface area contributed by atoms with E-state index < -0.39 is 0 Å². The summed E-state index contributed by atoms with van der Waals surface area (Å²) in [5.41, 5.74) is 0. The van der Waals surface area contributed by atoms with Gasteiger partial charge in [-0.3, -0.25) is 4.90 Å². The van der Waals surface area contributed by atoms with Gasteiger partial charge in [0.2, 0.25) is 0 Å². The fourth-order valence-electron chi connectivity index (χ4n) is 2.40. The summed E-state index contributed by atoms with van der Waals surface area (Å²) in [7, 11) is 1.78. The molecule has 4 nitrogen and oxygen atoms in total. The molecule has 0 saturated carbocycles. The van der Waals surface area contributed by atoms with Gasteiger partial charge < -0.3 is 15.2 Å². The normalized spacial score (nSPS) is 39.4. The lowest BCUT2D eigenvalue weighted by Crippen LogP contribution is -2.36. The van der Waals surface area contributed by atoms with E-state index in [0.717, 1.165) is 39.0 Å². The monoisotopic (exact) mass is 200 g/mol. The second-order valence-corrected chi connectivity index (χ2v) is 4.40. The van der Waals surface area contributed by atoms with Crippen LogP contribution in [0.5, 0.6) is 0 Å². The van der Waals surface area contributed by atoms with Gasteiger partial charge in [-0.1, -0.05) is 0 Å². The first-order valence-corrected chi connectivity index (χ1v) is 5.44. The van der Waals surface area contributed by atoms with Crippen molar-refractivity contribution < 1.29 is 9.84 Å². The summed E-state index contributed by atoms with van der Waals surface area (Å²) < 4.78 is 5.32. The molecule has 0 bridgehead atoms. The Morgan fingerprint density at radius 1 is 1.57 bits per heavy atom. The second-order valence-electron chi connectivity index (χ2n) is 4.40. The van der Waals surface area contributed by atoms with Gasteiger partial charge in [-0.2, -0.15) is 0 Å². The zero-order valence-electron chi connectivity index (χ0n) is 8.78. The number of nitrogens with one attached hydrogen (secondary N) is 1. The standard InChI is InChI=1S/C10H20N2O2/c1-14-10-2-3-12(7-10)6-8-4-9(13)5-11-8/h8-11,13H,2-7H2,1H3. The lowest BCUT2D eigenvalue weighted by atomic mass is 10.2. The molecule has 0 aromatic carbocycles. The number of likely N-dealkylation sites (tertiary alicyclic amines) is 1. The van der Waals surface area contributed by atoms with Crippen LogP contribution in [0.25, 0.3) is 0 Å². The van der Waals surface area contributed by atoms with Crippen molar-refractivity contribution in [2.75, 3.05) is 33.3 Å². The maximum Gasteiger partial charge on any atom is 0.0710 e. The van der Waals surface area contributed by atoms with E-state index in [4.69, 9.17) is 4.74 Å². The summed E-state index contributed by atoms with van der Waals surface area (Å²) in [6, 6.07) is 0.473. The van der Waals surface area contributed by atoms with Crippen LogP contribution in [0, 0.1) is 0 Å². The van der Waals surface area contributed by atoms with Crippen molar-refractivity contribution in [1.29, 1.82) is 0 Å². The summed E-state index contributed by atoms with van der Waals surface area (Å²) in [5.74, 6) is 0. The molecule has 0 radical (unpaired) electrons. The summed E-state index contributed by atoms with van der Waals surface area (Å²) in [6.45, 7) is 3.99. The van der Waals surface area contributed by atoms with Crippen LogP contribution in [0.2, 0.25) is 0 Å². The number of nitrogens with zero attached hydrogens (tertiary/aromatic N) is 1. The summed E-state index contributed by atoms with van der Waals surface area (Å²) in [5, 5.41) is 12.7. The third-order valence-electron chi connectivity index (χ3n) is 3.24. The lowest BCUT2D eigenvalue weighted by Gasteiger charge is -2.20. The highest BCUT2D eigenvalue weighted by Crippen LogP contribution is 2.15. The van der Waals surface area contributed by atoms with Crippen LogP contribution in [-0.2, 0) is 4.74 Å². The molecule has 2 heterocycles. The van der Waals surface area contributed by atoms with Crippen molar-refractivity contribution in [3.05, 3.63) is 0 Å². The number of ether oxygens (including phenoxy) is 1. The molecular weight excluding hydrogens is 180 g/mol. The third kappa shape index (κ3) is 2.45. The molecule has 2 aliphatic rings. The zero-order valence-corrected chi connectivity index (χ0v) is 8.78. The average Bonchev–Trinajstić information content (AvgIpc) is 2.76. The minimum Gasteiger partial charge on any atom is -0.392 e. The molecule has 0 aromatic heterocycles. The van der Waals surface area contributed by atoms with Crippen LogP contribution >= 0.6 is 0 Å². The van der Waals surface area contributed by atoms with Gasteiger partial charge in [-0.05, 0) is 12.8 Å². The van der Waals surface area contributed by atoms with Crippen LogP contribution in [-0.4, -0.2) is 61.5 Å². The molecule has 0 amide bonds. The van der Waals surface area contributed by atoms with Crippen LogP contribution in [0.3, 0.4) is 0 Å². The van der Waals surface area contributed by atoms with Crippen LogP contribution < -0.4 is 5.32 Å². The molecule has 3 unspecified atom stereocenters. The van der Waals surface area contributed by atoms with E-state index in [1.165, 1.54) is 0 Å². The maximum absolute atomic E-state index is 9.37. The largest absolute Gasteiger partial charge is 0.392 e. The van der Waals surface area contributed by atoms with Crippen molar-refractivity contribution in [2.45, 2.75) is 31.1 Å². The maximum atomic E-state index is 9.37. The quantitative estimate of drug-likeness (QED) is 0.640. The van der Waals surface area contributed by atoms with Crippen molar-refractivity contribution in [3.8, 4) is 0 Å². The van der Waals surface area contributed by atoms with Crippen molar-refractivity contribution in [3.63, 3.8) is 0 Å². The van der Waals surface area contributed by atoms with E-state index >= 15 is 0 Å². The first kappa shape index (κ1) is 10.4. The summed E-state index contributed by atoms with van der Waals surface area (Å²) >= 11 is 0. The van der Waals surface area contributed by atoms with Crippen molar-refractivity contribution in [2.24, 2.45) is 0 Å². The first-order chi connectivity index (χ1) is 6.78. The topological polar surface area (TPSA) is 44.7 Å². The van der Waals surface area contributed by atoms with Crippen molar-refractivity contribution in [1.82, 2.24) is 10.2 Å². The van der Waals surface area contributed by atoms with E-state index in [9.17, 15) is 5.11 Å². The van der Waals surface area contributed by atoms with Gasteiger partial charge in [0.1, 0.15) is 0 Å². The highest BCUT2D eigenvalue weighted by atomic mass is 16.5. The Bertz CT molecular complexity index is 189. The molecule has 0 aromatic rings. The number of hydrogen-bond donors (Lipinski definition) is 2. The highest BCUT2D eigenvalue weighted by molar-refractivity contribution is 4.86. The Morgan fingerprint density at radius 3 is 3.00 bits per heavy atom. The first-order valence-electron chi connectivity index (χ1n) is 5.44. The molecule has 82 valence electrons. The van der Waals surface area contributed by atoms with Crippen molar-refractivity contribution >= 4 is 0 Å². The molecule has 0 spiro atoms.